The molecule has 1 aliphatic rings. The molecule has 0 aromatic rings. The van der Waals surface area contributed by atoms with Gasteiger partial charge in [0.2, 0.25) is 10.0 Å². The van der Waals surface area contributed by atoms with E-state index in [0.717, 1.165) is 6.26 Å². The summed E-state index contributed by atoms with van der Waals surface area (Å²) >= 11 is 0. The Morgan fingerprint density at radius 1 is 1.42 bits per heavy atom. The Kier molecular flexibility index (Phi) is 3.05. The molecule has 0 spiro atoms. The fourth-order valence-corrected chi connectivity index (χ4v) is 1.25. The first kappa shape index (κ1) is 9.91. The number of ether oxygens (including phenoxy) is 2. The second kappa shape index (κ2) is 3.69. The molecule has 12 heavy (non-hydrogen) atoms. The van der Waals surface area contributed by atoms with E-state index in [0.29, 0.717) is 13.2 Å². The van der Waals surface area contributed by atoms with E-state index in [1.165, 1.54) is 11.4 Å². The summed E-state index contributed by atoms with van der Waals surface area (Å²) in [5.41, 5.74) is 0. The number of likely N-dealkylation sites (N-methyl/N-ethyl adjacent to an activating group) is 1. The number of nitrogens with zero attached hydrogens (tertiary/aromatic N) is 1. The largest absolute Gasteiger partial charge is 0.349 e. The first-order valence-electron chi connectivity index (χ1n) is 3.64. The molecule has 0 unspecified atom stereocenters. The molecule has 0 amide bonds. The minimum absolute atomic E-state index is 0.263. The van der Waals surface area contributed by atoms with Gasteiger partial charge in [-0.1, -0.05) is 0 Å². The van der Waals surface area contributed by atoms with Crippen molar-refractivity contribution >= 4 is 10.0 Å². The van der Waals surface area contributed by atoms with Gasteiger partial charge in [0.1, 0.15) is 0 Å². The van der Waals surface area contributed by atoms with Crippen LogP contribution in [0.1, 0.15) is 0 Å². The van der Waals surface area contributed by atoms with E-state index >= 15 is 0 Å². The van der Waals surface area contributed by atoms with Gasteiger partial charge in [0, 0.05) is 7.05 Å². The molecule has 6 heteroatoms. The molecule has 0 saturated carbocycles. The second-order valence-electron chi connectivity index (χ2n) is 2.71. The molecule has 1 heterocycles. The molecule has 0 radical (unpaired) electrons. The number of rotatable bonds is 3. The van der Waals surface area contributed by atoms with Gasteiger partial charge in [-0.05, 0) is 0 Å². The van der Waals surface area contributed by atoms with Crippen LogP contribution in [0.5, 0.6) is 0 Å². The van der Waals surface area contributed by atoms with E-state index in [2.05, 4.69) is 0 Å². The molecule has 0 aliphatic carbocycles. The molecule has 1 rings (SSSR count). The monoisotopic (exact) mass is 195 g/mol. The van der Waals surface area contributed by atoms with Crippen LogP contribution in [0.4, 0.5) is 0 Å². The van der Waals surface area contributed by atoms with E-state index in [-0.39, 0.29) is 6.54 Å². The maximum atomic E-state index is 10.9. The lowest BCUT2D eigenvalue weighted by Crippen LogP contribution is -2.33. The predicted molar refractivity (Wildman–Crippen MR) is 43.2 cm³/mol. The van der Waals surface area contributed by atoms with Crippen molar-refractivity contribution in [3.63, 3.8) is 0 Å². The standard InChI is InChI=1S/C6H13NO4S/c1-7(12(2,8)9)5-6-10-3-4-11-6/h6H,3-5H2,1-2H3. The molecule has 0 bridgehead atoms. The lowest BCUT2D eigenvalue weighted by Gasteiger charge is -2.17. The van der Waals surface area contributed by atoms with Crippen LogP contribution >= 0.6 is 0 Å². The smallest absolute Gasteiger partial charge is 0.211 e. The zero-order valence-corrected chi connectivity index (χ0v) is 8.00. The van der Waals surface area contributed by atoms with E-state index in [1.54, 1.807) is 0 Å². The average molecular weight is 195 g/mol. The Morgan fingerprint density at radius 2 is 1.92 bits per heavy atom. The molecular weight excluding hydrogens is 182 g/mol. The van der Waals surface area contributed by atoms with Gasteiger partial charge in [-0.2, -0.15) is 0 Å². The summed E-state index contributed by atoms with van der Waals surface area (Å²) in [5, 5.41) is 0. The van der Waals surface area contributed by atoms with Gasteiger partial charge in [-0.3, -0.25) is 0 Å². The van der Waals surface area contributed by atoms with Crippen molar-refractivity contribution in [1.82, 2.24) is 4.31 Å². The van der Waals surface area contributed by atoms with Gasteiger partial charge in [0.05, 0.1) is 26.0 Å². The van der Waals surface area contributed by atoms with Gasteiger partial charge in [-0.25, -0.2) is 12.7 Å². The second-order valence-corrected chi connectivity index (χ2v) is 4.80. The topological polar surface area (TPSA) is 55.8 Å². The van der Waals surface area contributed by atoms with E-state index < -0.39 is 16.3 Å². The molecule has 5 nitrogen and oxygen atoms in total. The van der Waals surface area contributed by atoms with Crippen molar-refractivity contribution in [3.05, 3.63) is 0 Å². The van der Waals surface area contributed by atoms with Crippen molar-refractivity contribution < 1.29 is 17.9 Å². The van der Waals surface area contributed by atoms with Gasteiger partial charge >= 0.3 is 0 Å². The van der Waals surface area contributed by atoms with Gasteiger partial charge in [0.15, 0.2) is 6.29 Å². The third-order valence-corrected chi connectivity index (χ3v) is 2.94. The Labute approximate surface area is 72.3 Å². The number of hydrogen-bond donors (Lipinski definition) is 0. The fourth-order valence-electron chi connectivity index (χ4n) is 0.858. The van der Waals surface area contributed by atoms with Crippen molar-refractivity contribution in [3.8, 4) is 0 Å². The molecular formula is C6H13NO4S. The van der Waals surface area contributed by atoms with Crippen LogP contribution in [0, 0.1) is 0 Å². The minimum atomic E-state index is -3.12. The van der Waals surface area contributed by atoms with Gasteiger partial charge in [-0.15, -0.1) is 0 Å². The Morgan fingerprint density at radius 3 is 2.33 bits per heavy atom. The third kappa shape index (κ3) is 2.71. The Bertz CT molecular complexity index is 232. The maximum Gasteiger partial charge on any atom is 0.211 e. The van der Waals surface area contributed by atoms with Gasteiger partial charge in [0.25, 0.3) is 0 Å². The van der Waals surface area contributed by atoms with Crippen molar-refractivity contribution in [2.45, 2.75) is 6.29 Å². The molecule has 0 aromatic carbocycles. The number of hydrogen-bond acceptors (Lipinski definition) is 4. The molecule has 72 valence electrons. The summed E-state index contributed by atoms with van der Waals surface area (Å²) in [5.74, 6) is 0. The van der Waals surface area contributed by atoms with Crippen molar-refractivity contribution in [1.29, 1.82) is 0 Å². The lowest BCUT2D eigenvalue weighted by atomic mass is 10.6. The van der Waals surface area contributed by atoms with Crippen LogP contribution < -0.4 is 0 Å². The van der Waals surface area contributed by atoms with Crippen LogP contribution in [0.25, 0.3) is 0 Å². The predicted octanol–water partition coefficient (Wildman–Crippen LogP) is -0.749. The summed E-state index contributed by atoms with van der Waals surface area (Å²) < 4.78 is 33.3. The molecule has 1 saturated heterocycles. The minimum Gasteiger partial charge on any atom is -0.349 e. The summed E-state index contributed by atoms with van der Waals surface area (Å²) in [4.78, 5) is 0. The summed E-state index contributed by atoms with van der Waals surface area (Å²) in [6.45, 7) is 1.35. The SMILES string of the molecule is CN(CC1OCCO1)S(C)(=O)=O. The molecule has 0 atom stereocenters. The van der Waals surface area contributed by atoms with E-state index in [1.807, 2.05) is 0 Å². The van der Waals surface area contributed by atoms with Crippen LogP contribution in [0.15, 0.2) is 0 Å². The zero-order valence-electron chi connectivity index (χ0n) is 7.19. The van der Waals surface area contributed by atoms with Crippen LogP contribution in [-0.2, 0) is 19.5 Å². The Hall–Kier alpha value is -0.170. The average Bonchev–Trinajstić information content (AvgIpc) is 2.37. The van der Waals surface area contributed by atoms with E-state index in [9.17, 15) is 8.42 Å². The fraction of sp³-hybridized carbons (Fsp3) is 1.00. The normalized spacial score (nSPS) is 20.6. The van der Waals surface area contributed by atoms with Crippen molar-refractivity contribution in [2.24, 2.45) is 0 Å². The van der Waals surface area contributed by atoms with Crippen molar-refractivity contribution in [2.75, 3.05) is 33.1 Å². The van der Waals surface area contributed by atoms with Gasteiger partial charge < -0.3 is 9.47 Å². The molecule has 1 fully saturated rings. The molecule has 0 N–H and O–H groups in total. The summed E-state index contributed by atoms with van der Waals surface area (Å²) in [7, 11) is -1.62. The highest BCUT2D eigenvalue weighted by Gasteiger charge is 2.21. The lowest BCUT2D eigenvalue weighted by molar-refractivity contribution is -0.0481. The number of sulfonamides is 1. The maximum absolute atomic E-state index is 10.9. The first-order valence-corrected chi connectivity index (χ1v) is 5.49. The van der Waals surface area contributed by atoms with Crippen LogP contribution in [0.2, 0.25) is 0 Å². The summed E-state index contributed by atoms with van der Waals surface area (Å²) in [6.07, 6.45) is 0.756. The Balaban J connectivity index is 2.40. The molecule has 1 aliphatic heterocycles. The quantitative estimate of drug-likeness (QED) is 0.594. The van der Waals surface area contributed by atoms with E-state index in [4.69, 9.17) is 9.47 Å². The van der Waals surface area contributed by atoms with Crippen LogP contribution in [0.3, 0.4) is 0 Å². The highest BCUT2D eigenvalue weighted by Crippen LogP contribution is 2.06. The van der Waals surface area contributed by atoms with Crippen LogP contribution in [-0.4, -0.2) is 52.1 Å². The molecule has 0 aromatic heterocycles. The highest BCUT2D eigenvalue weighted by atomic mass is 32.2. The zero-order chi connectivity index (χ0) is 9.19. The first-order chi connectivity index (χ1) is 5.50. The third-order valence-electron chi connectivity index (χ3n) is 1.66. The highest BCUT2D eigenvalue weighted by molar-refractivity contribution is 7.88. The summed E-state index contributed by atoms with van der Waals surface area (Å²) in [6, 6.07) is 0.